The van der Waals surface area contributed by atoms with Crippen LogP contribution in [0.15, 0.2) is 53.5 Å². The van der Waals surface area contributed by atoms with Gasteiger partial charge in [-0.1, -0.05) is 42.5 Å². The average Bonchev–Trinajstić information content (AvgIpc) is 2.64. The van der Waals surface area contributed by atoms with Crippen LogP contribution in [0.5, 0.6) is 11.5 Å². The number of nitrogens with zero attached hydrogens (tertiary/aromatic N) is 1. The molecule has 0 bridgehead atoms. The number of rotatable bonds is 7. The summed E-state index contributed by atoms with van der Waals surface area (Å²) in [5, 5.41) is 6.62. The summed E-state index contributed by atoms with van der Waals surface area (Å²) in [6, 6.07) is 16.2. The molecule has 0 aliphatic heterocycles. The van der Waals surface area contributed by atoms with E-state index in [0.29, 0.717) is 6.54 Å². The monoisotopic (exact) mass is 327 g/mol. The molecule has 5 heteroatoms. The van der Waals surface area contributed by atoms with Crippen molar-refractivity contribution in [3.8, 4) is 11.5 Å². The Morgan fingerprint density at radius 2 is 1.75 bits per heavy atom. The van der Waals surface area contributed by atoms with E-state index < -0.39 is 0 Å². The van der Waals surface area contributed by atoms with Gasteiger partial charge in [0.15, 0.2) is 17.5 Å². The van der Waals surface area contributed by atoms with Crippen molar-refractivity contribution in [2.24, 2.45) is 4.99 Å². The number of hydrogen-bond donors (Lipinski definition) is 2. The van der Waals surface area contributed by atoms with E-state index >= 15 is 0 Å². The van der Waals surface area contributed by atoms with Crippen LogP contribution in [0.1, 0.15) is 11.1 Å². The molecule has 0 aliphatic carbocycles. The quantitative estimate of drug-likeness (QED) is 0.606. The fourth-order valence-corrected chi connectivity index (χ4v) is 2.46. The number of hydrogen-bond acceptors (Lipinski definition) is 3. The molecule has 0 unspecified atom stereocenters. The second-order valence-electron chi connectivity index (χ2n) is 5.24. The molecular formula is C19H25N3O2. The maximum Gasteiger partial charge on any atom is 0.191 e. The fourth-order valence-electron chi connectivity index (χ4n) is 2.46. The molecule has 0 radical (unpaired) electrons. The van der Waals surface area contributed by atoms with Crippen LogP contribution >= 0.6 is 0 Å². The normalized spacial score (nSPS) is 11.0. The van der Waals surface area contributed by atoms with E-state index in [1.807, 2.05) is 24.3 Å². The first-order chi connectivity index (χ1) is 11.8. The number of nitrogens with one attached hydrogen (secondary N) is 2. The Kier molecular flexibility index (Phi) is 6.95. The van der Waals surface area contributed by atoms with Crippen molar-refractivity contribution in [3.63, 3.8) is 0 Å². The van der Waals surface area contributed by atoms with E-state index in [1.54, 1.807) is 21.3 Å². The zero-order valence-corrected chi connectivity index (χ0v) is 14.5. The van der Waals surface area contributed by atoms with Crippen molar-refractivity contribution in [1.82, 2.24) is 10.6 Å². The SMILES string of the molecule is CN=C(NCCc1ccccc1)NCc1cccc(OC)c1OC. The molecule has 0 saturated heterocycles. The van der Waals surface area contributed by atoms with E-state index in [1.165, 1.54) is 5.56 Å². The molecule has 2 aromatic carbocycles. The number of methoxy groups -OCH3 is 2. The third kappa shape index (κ3) is 4.91. The van der Waals surface area contributed by atoms with Crippen molar-refractivity contribution in [2.45, 2.75) is 13.0 Å². The molecule has 0 aliphatic rings. The van der Waals surface area contributed by atoms with Crippen LogP contribution in [0.4, 0.5) is 0 Å². The molecule has 2 rings (SSSR count). The minimum Gasteiger partial charge on any atom is -0.493 e. The molecule has 128 valence electrons. The molecule has 0 heterocycles. The van der Waals surface area contributed by atoms with Gasteiger partial charge in [-0.25, -0.2) is 0 Å². The maximum atomic E-state index is 5.45. The van der Waals surface area contributed by atoms with Crippen LogP contribution in [0.3, 0.4) is 0 Å². The molecule has 2 aromatic rings. The molecule has 24 heavy (non-hydrogen) atoms. The molecule has 0 fully saturated rings. The largest absolute Gasteiger partial charge is 0.493 e. The zero-order valence-electron chi connectivity index (χ0n) is 14.5. The van der Waals surface area contributed by atoms with E-state index in [-0.39, 0.29) is 0 Å². The Bertz CT molecular complexity index is 657. The second-order valence-corrected chi connectivity index (χ2v) is 5.24. The van der Waals surface area contributed by atoms with Crippen molar-refractivity contribution in [1.29, 1.82) is 0 Å². The van der Waals surface area contributed by atoms with Crippen molar-refractivity contribution >= 4 is 5.96 Å². The van der Waals surface area contributed by atoms with Crippen LogP contribution in [0, 0.1) is 0 Å². The number of aliphatic imine (C=N–C) groups is 1. The highest BCUT2D eigenvalue weighted by molar-refractivity contribution is 5.79. The Morgan fingerprint density at radius 3 is 2.42 bits per heavy atom. The van der Waals surface area contributed by atoms with Gasteiger partial charge in [-0.15, -0.1) is 0 Å². The Hall–Kier alpha value is -2.69. The van der Waals surface area contributed by atoms with Gasteiger partial charge in [-0.05, 0) is 18.1 Å². The van der Waals surface area contributed by atoms with Crippen LogP contribution in [0.2, 0.25) is 0 Å². The topological polar surface area (TPSA) is 54.9 Å². The molecule has 0 spiro atoms. The van der Waals surface area contributed by atoms with E-state index in [0.717, 1.165) is 36.0 Å². The molecule has 0 amide bonds. The van der Waals surface area contributed by atoms with Gasteiger partial charge in [0.2, 0.25) is 0 Å². The van der Waals surface area contributed by atoms with E-state index in [4.69, 9.17) is 9.47 Å². The summed E-state index contributed by atoms with van der Waals surface area (Å²) >= 11 is 0. The first-order valence-electron chi connectivity index (χ1n) is 7.96. The molecule has 0 atom stereocenters. The van der Waals surface area contributed by atoms with Gasteiger partial charge in [0.1, 0.15) is 0 Å². The summed E-state index contributed by atoms with van der Waals surface area (Å²) in [7, 11) is 5.05. The van der Waals surface area contributed by atoms with E-state index in [9.17, 15) is 0 Å². The minimum atomic E-state index is 0.603. The van der Waals surface area contributed by atoms with Gasteiger partial charge in [0.25, 0.3) is 0 Å². The van der Waals surface area contributed by atoms with Gasteiger partial charge >= 0.3 is 0 Å². The Labute approximate surface area is 143 Å². The number of ether oxygens (including phenoxy) is 2. The predicted octanol–water partition coefficient (Wildman–Crippen LogP) is 2.61. The van der Waals surface area contributed by atoms with Gasteiger partial charge in [-0.3, -0.25) is 4.99 Å². The van der Waals surface area contributed by atoms with Gasteiger partial charge in [0.05, 0.1) is 14.2 Å². The first-order valence-corrected chi connectivity index (χ1v) is 7.96. The maximum absolute atomic E-state index is 5.45. The molecule has 5 nitrogen and oxygen atoms in total. The number of benzene rings is 2. The number of para-hydroxylation sites is 1. The lowest BCUT2D eigenvalue weighted by Crippen LogP contribution is -2.37. The smallest absolute Gasteiger partial charge is 0.191 e. The minimum absolute atomic E-state index is 0.603. The van der Waals surface area contributed by atoms with Crippen molar-refractivity contribution in [2.75, 3.05) is 27.8 Å². The van der Waals surface area contributed by atoms with Crippen molar-refractivity contribution < 1.29 is 9.47 Å². The fraction of sp³-hybridized carbons (Fsp3) is 0.316. The number of guanidine groups is 1. The summed E-state index contributed by atoms with van der Waals surface area (Å²) in [4.78, 5) is 4.25. The lowest BCUT2D eigenvalue weighted by atomic mass is 10.1. The van der Waals surface area contributed by atoms with Gasteiger partial charge in [-0.2, -0.15) is 0 Å². The average molecular weight is 327 g/mol. The zero-order chi connectivity index (χ0) is 17.2. The summed E-state index contributed by atoms with van der Waals surface area (Å²) in [5.41, 5.74) is 2.32. The van der Waals surface area contributed by atoms with Gasteiger partial charge in [0, 0.05) is 25.7 Å². The first kappa shape index (κ1) is 17.7. The van der Waals surface area contributed by atoms with Crippen LogP contribution < -0.4 is 20.1 Å². The van der Waals surface area contributed by atoms with Crippen LogP contribution in [0.25, 0.3) is 0 Å². The molecule has 0 saturated carbocycles. The third-order valence-electron chi connectivity index (χ3n) is 3.70. The second kappa shape index (κ2) is 9.45. The van der Waals surface area contributed by atoms with Crippen molar-refractivity contribution in [3.05, 3.63) is 59.7 Å². The third-order valence-corrected chi connectivity index (χ3v) is 3.70. The molecule has 0 aromatic heterocycles. The molecule has 2 N–H and O–H groups in total. The lowest BCUT2D eigenvalue weighted by molar-refractivity contribution is 0.351. The summed E-state index contributed by atoms with van der Waals surface area (Å²) in [5.74, 6) is 2.23. The van der Waals surface area contributed by atoms with E-state index in [2.05, 4.69) is 39.9 Å². The summed E-state index contributed by atoms with van der Waals surface area (Å²) < 4.78 is 10.8. The highest BCUT2D eigenvalue weighted by Crippen LogP contribution is 2.30. The van der Waals surface area contributed by atoms with Crippen LogP contribution in [-0.2, 0) is 13.0 Å². The van der Waals surface area contributed by atoms with Crippen LogP contribution in [-0.4, -0.2) is 33.8 Å². The lowest BCUT2D eigenvalue weighted by Gasteiger charge is -2.15. The highest BCUT2D eigenvalue weighted by atomic mass is 16.5. The molecular weight excluding hydrogens is 302 g/mol. The Balaban J connectivity index is 1.88. The predicted molar refractivity (Wildman–Crippen MR) is 97.9 cm³/mol. The summed E-state index contributed by atoms with van der Waals surface area (Å²) in [6.07, 6.45) is 0.948. The standard InChI is InChI=1S/C19H25N3O2/c1-20-19(21-13-12-15-8-5-4-6-9-15)22-14-16-10-7-11-17(23-2)18(16)24-3/h4-11H,12-14H2,1-3H3,(H2,20,21,22). The van der Waals surface area contributed by atoms with Gasteiger partial charge < -0.3 is 20.1 Å². The summed E-state index contributed by atoms with van der Waals surface area (Å²) in [6.45, 7) is 1.42. The highest BCUT2D eigenvalue weighted by Gasteiger charge is 2.09. The Morgan fingerprint density at radius 1 is 0.958 bits per heavy atom.